The summed E-state index contributed by atoms with van der Waals surface area (Å²) in [7, 11) is 0. The number of hydrogen-bond donors (Lipinski definition) is 0. The first-order valence-electron chi connectivity index (χ1n) is 12.4. The minimum atomic E-state index is 0. The summed E-state index contributed by atoms with van der Waals surface area (Å²) in [6.45, 7) is 4.25. The molecular formula is C31H34Cl2Zr-2. The molecule has 0 radical (unpaired) electrons. The van der Waals surface area contributed by atoms with E-state index in [1.165, 1.54) is 25.5 Å². The Labute approximate surface area is 233 Å². The van der Waals surface area contributed by atoms with Crippen molar-refractivity contribution in [3.63, 3.8) is 0 Å². The van der Waals surface area contributed by atoms with Crippen molar-refractivity contribution in [2.45, 2.75) is 58.3 Å². The second-order valence-electron chi connectivity index (χ2n) is 10.6. The van der Waals surface area contributed by atoms with Gasteiger partial charge in [-0.15, -0.1) is 5.56 Å². The Kier molecular flexibility index (Phi) is 10.1. The Balaban J connectivity index is 0.000000159. The van der Waals surface area contributed by atoms with Crippen LogP contribution in [0.3, 0.4) is 0 Å². The van der Waals surface area contributed by atoms with Crippen LogP contribution in [-0.4, -0.2) is 3.21 Å². The molecule has 0 saturated heterocycles. The van der Waals surface area contributed by atoms with Gasteiger partial charge in [-0.1, -0.05) is 41.3 Å². The molecule has 0 amide bonds. The molecule has 5 aliphatic rings. The third-order valence-corrected chi connectivity index (χ3v) is 7.92. The molecule has 0 nitrogen and oxygen atoms in total. The minimum absolute atomic E-state index is 0. The summed E-state index contributed by atoms with van der Waals surface area (Å²) < 4.78 is 1.51. The van der Waals surface area contributed by atoms with E-state index in [1.54, 1.807) is 61.9 Å². The van der Waals surface area contributed by atoms with Crippen molar-refractivity contribution in [2.24, 2.45) is 23.7 Å². The fourth-order valence-corrected chi connectivity index (χ4v) is 7.08. The Hall–Kier alpha value is -0.877. The predicted octanol–water partition coefficient (Wildman–Crippen LogP) is 1.76. The van der Waals surface area contributed by atoms with E-state index in [1.807, 2.05) is 6.07 Å². The van der Waals surface area contributed by atoms with Crippen LogP contribution in [0.15, 0.2) is 66.7 Å². The van der Waals surface area contributed by atoms with E-state index in [4.69, 9.17) is 0 Å². The first kappa shape index (κ1) is 27.7. The van der Waals surface area contributed by atoms with Gasteiger partial charge in [-0.2, -0.15) is 53.6 Å². The van der Waals surface area contributed by atoms with E-state index in [9.17, 15) is 0 Å². The fraction of sp³-hybridized carbons (Fsp3) is 0.419. The SMILES string of the molecule is C[C](C)=[Zr+2].[Cl-].[Cl-].[c-]1cccc2c1Cc1ccccc1-2.c1cc(C2C3CC4CC(C3)CC2C4)c[cH-]1. The van der Waals surface area contributed by atoms with Gasteiger partial charge in [-0.3, -0.25) is 0 Å². The number of fused-ring (bicyclic) bond motifs is 3. The molecule has 0 unspecified atom stereocenters. The molecule has 0 heterocycles. The molecule has 3 heteroatoms. The standard InChI is InChI=1S/C15H19.C13H9.C3H6.2ClH.Zr/c1-2-4-12(3-1)15-13-6-10-5-11(8-13)9-14(15)7-10;1-3-7-12-10(5-1)9-11-6-2-4-8-13(11)12;1-3-2;;;/h1-4,10-11,13-15H,5-9H2;1-5,7-8H,9H2;1-2H3;2*1H;/q2*-1;;;;+2/p-2. The van der Waals surface area contributed by atoms with Crippen molar-refractivity contribution in [1.82, 2.24) is 0 Å². The largest absolute Gasteiger partial charge is 1.00 e. The average Bonchev–Trinajstić information content (AvgIpc) is 3.41. The van der Waals surface area contributed by atoms with Crippen LogP contribution in [0.5, 0.6) is 0 Å². The van der Waals surface area contributed by atoms with Crippen LogP contribution in [0.25, 0.3) is 11.1 Å². The molecule has 0 spiro atoms. The summed E-state index contributed by atoms with van der Waals surface area (Å²) in [6.07, 6.45) is 8.80. The fourth-order valence-electron chi connectivity index (χ4n) is 7.08. The molecular weight excluding hydrogens is 534 g/mol. The van der Waals surface area contributed by atoms with Crippen LogP contribution >= 0.6 is 0 Å². The molecule has 0 N–H and O–H groups in total. The summed E-state index contributed by atoms with van der Waals surface area (Å²) in [5.41, 5.74) is 7.17. The number of benzene rings is 2. The maximum atomic E-state index is 3.30. The van der Waals surface area contributed by atoms with Gasteiger partial charge in [0.05, 0.1) is 0 Å². The van der Waals surface area contributed by atoms with Gasteiger partial charge in [0.15, 0.2) is 0 Å². The molecule has 34 heavy (non-hydrogen) atoms. The monoisotopic (exact) mass is 566 g/mol. The smallest absolute Gasteiger partial charge is 0.0253 e. The third kappa shape index (κ3) is 6.09. The molecule has 5 aliphatic carbocycles. The molecule has 4 saturated carbocycles. The van der Waals surface area contributed by atoms with Crippen molar-refractivity contribution < 1.29 is 49.0 Å². The molecule has 3 aromatic carbocycles. The minimum Gasteiger partial charge on any atom is -1.00 e. The van der Waals surface area contributed by atoms with Gasteiger partial charge >= 0.3 is 41.3 Å². The van der Waals surface area contributed by atoms with E-state index in [0.717, 1.165) is 36.0 Å². The topological polar surface area (TPSA) is 0 Å². The van der Waals surface area contributed by atoms with Crippen molar-refractivity contribution in [3.05, 3.63) is 89.5 Å². The van der Waals surface area contributed by atoms with E-state index in [-0.39, 0.29) is 24.8 Å². The quantitative estimate of drug-likeness (QED) is 0.307. The van der Waals surface area contributed by atoms with Gasteiger partial charge in [-0.25, -0.2) is 6.07 Å². The Morgan fingerprint density at radius 1 is 0.853 bits per heavy atom. The van der Waals surface area contributed by atoms with Crippen LogP contribution in [0.2, 0.25) is 0 Å². The zero-order valence-electron chi connectivity index (χ0n) is 20.2. The maximum absolute atomic E-state index is 3.30. The summed E-state index contributed by atoms with van der Waals surface area (Å²) in [6, 6.07) is 27.3. The number of hydrogen-bond acceptors (Lipinski definition) is 0. The van der Waals surface area contributed by atoms with Gasteiger partial charge in [0.2, 0.25) is 0 Å². The first-order chi connectivity index (χ1) is 15.6. The van der Waals surface area contributed by atoms with Crippen LogP contribution in [0.1, 0.15) is 68.6 Å². The molecule has 178 valence electrons. The molecule has 0 atom stereocenters. The van der Waals surface area contributed by atoms with Crippen molar-refractivity contribution >= 4 is 3.21 Å². The Bertz CT molecular complexity index is 993. The summed E-state index contributed by atoms with van der Waals surface area (Å²) >= 11 is 1.55. The molecule has 8 rings (SSSR count). The molecule has 4 bridgehead atoms. The maximum Gasteiger partial charge on any atom is -0.0253 e. The normalized spacial score (nSPS) is 26.4. The second kappa shape index (κ2) is 12.4. The van der Waals surface area contributed by atoms with E-state index >= 15 is 0 Å². The Morgan fingerprint density at radius 3 is 2.09 bits per heavy atom. The number of halogens is 2. The molecule has 4 fully saturated rings. The predicted molar refractivity (Wildman–Crippen MR) is 132 cm³/mol. The van der Waals surface area contributed by atoms with Gasteiger partial charge in [0.1, 0.15) is 0 Å². The zero-order valence-corrected chi connectivity index (χ0v) is 24.2. The second-order valence-corrected chi connectivity index (χ2v) is 13.0. The van der Waals surface area contributed by atoms with Crippen LogP contribution in [-0.2, 0) is 30.7 Å². The van der Waals surface area contributed by atoms with Gasteiger partial charge < -0.3 is 24.8 Å². The molecule has 3 aromatic rings. The third-order valence-electron chi connectivity index (χ3n) is 7.92. The molecule has 0 aromatic heterocycles. The van der Waals surface area contributed by atoms with Crippen LogP contribution < -0.4 is 24.8 Å². The van der Waals surface area contributed by atoms with Crippen molar-refractivity contribution in [3.8, 4) is 11.1 Å². The van der Waals surface area contributed by atoms with E-state index < -0.39 is 0 Å². The first-order valence-corrected chi connectivity index (χ1v) is 13.6. The van der Waals surface area contributed by atoms with E-state index in [2.05, 4.69) is 80.6 Å². The van der Waals surface area contributed by atoms with Gasteiger partial charge in [-0.05, 0) is 62.2 Å². The van der Waals surface area contributed by atoms with Crippen molar-refractivity contribution in [1.29, 1.82) is 0 Å². The van der Waals surface area contributed by atoms with Crippen LogP contribution in [0.4, 0.5) is 0 Å². The molecule has 0 aliphatic heterocycles. The summed E-state index contributed by atoms with van der Waals surface area (Å²) in [4.78, 5) is 0. The summed E-state index contributed by atoms with van der Waals surface area (Å²) in [5, 5.41) is 0. The van der Waals surface area contributed by atoms with Crippen molar-refractivity contribution in [2.75, 3.05) is 0 Å². The van der Waals surface area contributed by atoms with E-state index in [0.29, 0.717) is 0 Å². The average molecular weight is 569 g/mol. The Morgan fingerprint density at radius 2 is 1.47 bits per heavy atom. The summed E-state index contributed by atoms with van der Waals surface area (Å²) in [5.74, 6) is 5.25. The van der Waals surface area contributed by atoms with Gasteiger partial charge in [0, 0.05) is 0 Å². The van der Waals surface area contributed by atoms with Crippen LogP contribution in [0, 0.1) is 29.7 Å². The number of rotatable bonds is 1. The zero-order chi connectivity index (χ0) is 22.1. The van der Waals surface area contributed by atoms with Gasteiger partial charge in [0.25, 0.3) is 0 Å².